The normalized spacial score (nSPS) is 16.0. The Balaban J connectivity index is 1.92. The van der Waals surface area contributed by atoms with E-state index in [2.05, 4.69) is 4.98 Å². The Kier molecular flexibility index (Phi) is 6.99. The number of carbonyl (C=O) groups is 1. The molecule has 7 nitrogen and oxygen atoms in total. The number of benzene rings is 1. The lowest BCUT2D eigenvalue weighted by atomic mass is 9.94. The van der Waals surface area contributed by atoms with Gasteiger partial charge in [-0.25, -0.2) is 8.42 Å². The first-order chi connectivity index (χ1) is 16.0. The number of halogens is 6. The predicted molar refractivity (Wildman–Crippen MR) is 110 cm³/mol. The number of rotatable bonds is 6. The number of hydrogen-bond acceptors (Lipinski definition) is 6. The van der Waals surface area contributed by atoms with Gasteiger partial charge in [0.2, 0.25) is 0 Å². The van der Waals surface area contributed by atoms with Crippen LogP contribution in [0.4, 0.5) is 26.3 Å². The summed E-state index contributed by atoms with van der Waals surface area (Å²) in [6, 6.07) is 3.97. The molecule has 1 aliphatic rings. The van der Waals surface area contributed by atoms with Gasteiger partial charge in [-0.2, -0.15) is 26.3 Å². The molecular formula is C21H20F6N2O5S. The van der Waals surface area contributed by atoms with Crippen molar-refractivity contribution in [3.63, 3.8) is 0 Å². The minimum Gasteiger partial charge on any atom is -0.494 e. The van der Waals surface area contributed by atoms with Crippen molar-refractivity contribution in [2.75, 3.05) is 26.5 Å². The van der Waals surface area contributed by atoms with Crippen LogP contribution in [0, 0.1) is 0 Å². The summed E-state index contributed by atoms with van der Waals surface area (Å²) in [6.45, 7) is 0.691. The minimum absolute atomic E-state index is 0.0162. The second-order valence-corrected chi connectivity index (χ2v) is 9.90. The maximum absolute atomic E-state index is 13.2. The maximum atomic E-state index is 13.2. The number of ether oxygens (including phenoxy) is 2. The highest BCUT2D eigenvalue weighted by molar-refractivity contribution is 7.90. The number of methoxy groups -OCH3 is 1. The quantitative estimate of drug-likeness (QED) is 0.528. The van der Waals surface area contributed by atoms with Crippen molar-refractivity contribution in [1.82, 2.24) is 9.88 Å². The number of alkyl halides is 6. The predicted octanol–water partition coefficient (Wildman–Crippen LogP) is 4.08. The number of likely N-dealkylation sites (tertiary alicyclic amines) is 1. The summed E-state index contributed by atoms with van der Waals surface area (Å²) >= 11 is 0. The zero-order valence-electron chi connectivity index (χ0n) is 18.6. The first-order valence-corrected chi connectivity index (χ1v) is 11.9. The van der Waals surface area contributed by atoms with Crippen LogP contribution in [0.25, 0.3) is 0 Å². The molecule has 0 aliphatic carbocycles. The highest BCUT2D eigenvalue weighted by Gasteiger charge is 2.41. The summed E-state index contributed by atoms with van der Waals surface area (Å²) < 4.78 is 112. The van der Waals surface area contributed by atoms with E-state index in [9.17, 15) is 39.6 Å². The van der Waals surface area contributed by atoms with Gasteiger partial charge in [0.25, 0.3) is 5.91 Å². The molecule has 1 fully saturated rings. The van der Waals surface area contributed by atoms with Crippen LogP contribution in [0.1, 0.15) is 34.5 Å². The van der Waals surface area contributed by atoms with Crippen molar-refractivity contribution in [1.29, 1.82) is 0 Å². The first kappa shape index (κ1) is 26.6. The number of aromatic nitrogens is 1. The van der Waals surface area contributed by atoms with E-state index < -0.39 is 67.6 Å². The van der Waals surface area contributed by atoms with E-state index in [0.29, 0.717) is 11.9 Å². The lowest BCUT2D eigenvalue weighted by Gasteiger charge is -2.39. The van der Waals surface area contributed by atoms with Gasteiger partial charge in [-0.05, 0) is 31.2 Å². The molecule has 0 unspecified atom stereocenters. The van der Waals surface area contributed by atoms with Gasteiger partial charge in [0, 0.05) is 37.2 Å². The Bertz CT molecular complexity index is 1210. The summed E-state index contributed by atoms with van der Waals surface area (Å²) in [5.74, 6) is -2.29. The largest absolute Gasteiger partial charge is 0.494 e. The summed E-state index contributed by atoms with van der Waals surface area (Å²) in [5, 5.41) is 0. The molecule has 1 saturated heterocycles. The molecule has 0 bridgehead atoms. The number of sulfone groups is 1. The third kappa shape index (κ3) is 5.63. The van der Waals surface area contributed by atoms with Crippen LogP contribution in [0.2, 0.25) is 0 Å². The molecule has 2 heterocycles. The van der Waals surface area contributed by atoms with Crippen LogP contribution < -0.4 is 9.47 Å². The lowest BCUT2D eigenvalue weighted by molar-refractivity contribution is -0.189. The molecule has 3 rings (SSSR count). The molecular weight excluding hydrogens is 506 g/mol. The smallest absolute Gasteiger partial charge is 0.425 e. The third-order valence-corrected chi connectivity index (χ3v) is 6.49. The number of hydrogen-bond donors (Lipinski definition) is 0. The van der Waals surface area contributed by atoms with Crippen molar-refractivity contribution >= 4 is 15.7 Å². The van der Waals surface area contributed by atoms with Gasteiger partial charge in [0.15, 0.2) is 21.7 Å². The monoisotopic (exact) mass is 526 g/mol. The fourth-order valence-corrected chi connectivity index (χ4v) is 4.24. The summed E-state index contributed by atoms with van der Waals surface area (Å²) in [7, 11) is -2.88. The molecule has 1 aromatic carbocycles. The molecule has 1 aromatic heterocycles. The SMILES string of the molecule is COc1c(S(C)(=O)=O)ccc(O[C@@H](C)C(F)(F)F)c1C(=O)N1CC(c2ccc(C(F)(F)F)cn2)C1. The van der Waals surface area contributed by atoms with Gasteiger partial charge in [-0.1, -0.05) is 0 Å². The Morgan fingerprint density at radius 2 is 1.74 bits per heavy atom. The molecule has 0 spiro atoms. The van der Waals surface area contributed by atoms with E-state index in [-0.39, 0.29) is 13.1 Å². The second-order valence-electron chi connectivity index (χ2n) is 7.92. The number of pyridine rings is 1. The zero-order valence-corrected chi connectivity index (χ0v) is 19.4. The van der Waals surface area contributed by atoms with Gasteiger partial charge >= 0.3 is 12.4 Å². The van der Waals surface area contributed by atoms with E-state index in [1.165, 1.54) is 11.0 Å². The van der Waals surface area contributed by atoms with Crippen LogP contribution in [-0.4, -0.2) is 62.9 Å². The van der Waals surface area contributed by atoms with Crippen molar-refractivity contribution in [2.45, 2.75) is 36.2 Å². The molecule has 192 valence electrons. The second kappa shape index (κ2) is 9.21. The molecule has 14 heteroatoms. The molecule has 2 aromatic rings. The van der Waals surface area contributed by atoms with Gasteiger partial charge < -0.3 is 14.4 Å². The highest BCUT2D eigenvalue weighted by Crippen LogP contribution is 2.40. The summed E-state index contributed by atoms with van der Waals surface area (Å²) in [5.41, 5.74) is -1.15. The molecule has 1 atom stereocenters. The van der Waals surface area contributed by atoms with Crippen LogP contribution >= 0.6 is 0 Å². The van der Waals surface area contributed by atoms with E-state index in [1.807, 2.05) is 0 Å². The zero-order chi connectivity index (χ0) is 26.3. The van der Waals surface area contributed by atoms with Crippen molar-refractivity contribution < 1.29 is 49.0 Å². The van der Waals surface area contributed by atoms with Gasteiger partial charge in [-0.3, -0.25) is 9.78 Å². The van der Waals surface area contributed by atoms with Gasteiger partial charge in [0.05, 0.1) is 12.7 Å². The van der Waals surface area contributed by atoms with Crippen LogP contribution in [0.15, 0.2) is 35.4 Å². The highest BCUT2D eigenvalue weighted by atomic mass is 32.2. The number of amides is 1. The molecule has 1 aliphatic heterocycles. The number of carbonyl (C=O) groups excluding carboxylic acids is 1. The Morgan fingerprint density at radius 1 is 1.11 bits per heavy atom. The standard InChI is InChI=1S/C21H20F6N2O5S/c1-11(20(22,23)24)34-15-6-7-16(35(3,31)32)18(33-2)17(15)19(30)29-9-12(10-29)14-5-4-13(8-28-14)21(25,26)27/h4-8,11-12H,9-10H2,1-3H3/t11-/m0/s1. The average Bonchev–Trinajstić information content (AvgIpc) is 2.70. The van der Waals surface area contributed by atoms with E-state index in [4.69, 9.17) is 9.47 Å². The molecule has 35 heavy (non-hydrogen) atoms. The van der Waals surface area contributed by atoms with E-state index in [0.717, 1.165) is 38.5 Å². The van der Waals surface area contributed by atoms with E-state index in [1.54, 1.807) is 0 Å². The fraction of sp³-hybridized carbons (Fsp3) is 0.429. The minimum atomic E-state index is -4.76. The molecule has 1 amide bonds. The number of nitrogens with zero attached hydrogens (tertiary/aromatic N) is 2. The average molecular weight is 526 g/mol. The van der Waals surface area contributed by atoms with Crippen molar-refractivity contribution in [3.8, 4) is 11.5 Å². The Labute approximate surface area is 196 Å². The van der Waals surface area contributed by atoms with Crippen molar-refractivity contribution in [3.05, 3.63) is 47.3 Å². The third-order valence-electron chi connectivity index (χ3n) is 5.37. The topological polar surface area (TPSA) is 85.8 Å². The van der Waals surface area contributed by atoms with Crippen molar-refractivity contribution in [2.24, 2.45) is 0 Å². The molecule has 0 saturated carbocycles. The summed E-state index contributed by atoms with van der Waals surface area (Å²) in [6.07, 6.45) is -10.1. The summed E-state index contributed by atoms with van der Waals surface area (Å²) in [4.78, 5) is 17.8. The van der Waals surface area contributed by atoms with E-state index >= 15 is 0 Å². The Hall–Kier alpha value is -3.03. The molecule has 0 radical (unpaired) electrons. The Morgan fingerprint density at radius 3 is 2.20 bits per heavy atom. The van der Waals surface area contributed by atoms with Gasteiger partial charge in [0.1, 0.15) is 16.2 Å². The van der Waals surface area contributed by atoms with Crippen LogP contribution in [-0.2, 0) is 16.0 Å². The fourth-order valence-electron chi connectivity index (χ4n) is 3.40. The van der Waals surface area contributed by atoms with Gasteiger partial charge in [-0.15, -0.1) is 0 Å². The van der Waals surface area contributed by atoms with Crippen LogP contribution in [0.5, 0.6) is 11.5 Å². The van der Waals surface area contributed by atoms with Crippen LogP contribution in [0.3, 0.4) is 0 Å². The maximum Gasteiger partial charge on any atom is 0.425 e. The lowest BCUT2D eigenvalue weighted by Crippen LogP contribution is -2.49. The molecule has 0 N–H and O–H groups in total. The first-order valence-electron chi connectivity index (χ1n) is 10.0.